The van der Waals surface area contributed by atoms with Gasteiger partial charge in [0.25, 0.3) is 0 Å². The summed E-state index contributed by atoms with van der Waals surface area (Å²) in [7, 11) is 0. The van der Waals surface area contributed by atoms with Gasteiger partial charge < -0.3 is 10.4 Å². The predicted molar refractivity (Wildman–Crippen MR) is 73.3 cm³/mol. The van der Waals surface area contributed by atoms with Crippen LogP contribution in [-0.4, -0.2) is 32.0 Å². The zero-order valence-electron chi connectivity index (χ0n) is 11.9. The van der Waals surface area contributed by atoms with Crippen LogP contribution in [0.5, 0.6) is 0 Å². The minimum Gasteiger partial charge on any atom is -0.393 e. The van der Waals surface area contributed by atoms with Crippen LogP contribution in [0, 0.1) is 17.0 Å². The van der Waals surface area contributed by atoms with Gasteiger partial charge in [0.2, 0.25) is 5.82 Å². The van der Waals surface area contributed by atoms with Gasteiger partial charge in [-0.3, -0.25) is 10.1 Å². The smallest absolute Gasteiger partial charge is 0.333 e. The Bertz CT molecular complexity index is 442. The Labute approximate surface area is 112 Å². The van der Waals surface area contributed by atoms with Crippen molar-refractivity contribution in [3.05, 3.63) is 15.8 Å². The highest BCUT2D eigenvalue weighted by atomic mass is 16.6. The molecular weight excluding hydrogens is 248 g/mol. The lowest BCUT2D eigenvalue weighted by Gasteiger charge is -2.17. The third kappa shape index (κ3) is 3.92. The van der Waals surface area contributed by atoms with Crippen molar-refractivity contribution in [2.45, 2.75) is 59.2 Å². The summed E-state index contributed by atoms with van der Waals surface area (Å²) in [5.74, 6) is 0.428. The van der Waals surface area contributed by atoms with E-state index >= 15 is 0 Å². The summed E-state index contributed by atoms with van der Waals surface area (Å²) in [4.78, 5) is 10.7. The van der Waals surface area contributed by atoms with Gasteiger partial charge >= 0.3 is 5.69 Å². The number of anilines is 1. The van der Waals surface area contributed by atoms with Crippen molar-refractivity contribution in [3.63, 3.8) is 0 Å². The molecule has 0 radical (unpaired) electrons. The van der Waals surface area contributed by atoms with Crippen LogP contribution in [0.2, 0.25) is 0 Å². The molecule has 1 heterocycles. The van der Waals surface area contributed by atoms with Gasteiger partial charge in [0.1, 0.15) is 5.69 Å². The van der Waals surface area contributed by atoms with E-state index in [1.807, 2.05) is 13.8 Å². The molecule has 1 aromatic heterocycles. The molecule has 7 nitrogen and oxygen atoms in total. The summed E-state index contributed by atoms with van der Waals surface area (Å²) in [6.07, 6.45) is 0.913. The van der Waals surface area contributed by atoms with Gasteiger partial charge in [0.05, 0.1) is 11.0 Å². The second-order valence-corrected chi connectivity index (χ2v) is 4.89. The van der Waals surface area contributed by atoms with Crippen LogP contribution in [0.15, 0.2) is 0 Å². The molecule has 0 amide bonds. The van der Waals surface area contributed by atoms with Gasteiger partial charge in [-0.25, -0.2) is 4.68 Å². The largest absolute Gasteiger partial charge is 0.393 e. The molecule has 2 atom stereocenters. The minimum atomic E-state index is -0.454. The standard InChI is InChI=1S/C12H22N4O3/c1-5-6-15-12(13-8(2)7-9(3)17)11(16(18)19)10(4)14-15/h8-9,13,17H,5-7H2,1-4H3. The number of hydrogen-bond donors (Lipinski definition) is 2. The number of nitrogens with one attached hydrogen (secondary N) is 1. The molecule has 1 rings (SSSR count). The quantitative estimate of drug-likeness (QED) is 0.584. The van der Waals surface area contributed by atoms with Gasteiger partial charge in [-0.1, -0.05) is 6.92 Å². The normalized spacial score (nSPS) is 14.2. The van der Waals surface area contributed by atoms with E-state index in [9.17, 15) is 15.2 Å². The van der Waals surface area contributed by atoms with E-state index in [0.29, 0.717) is 24.5 Å². The van der Waals surface area contributed by atoms with Gasteiger partial charge in [-0.05, 0) is 33.6 Å². The maximum Gasteiger partial charge on any atom is 0.333 e. The Morgan fingerprint density at radius 1 is 1.53 bits per heavy atom. The second-order valence-electron chi connectivity index (χ2n) is 4.89. The van der Waals surface area contributed by atoms with Crippen molar-refractivity contribution >= 4 is 11.5 Å². The summed E-state index contributed by atoms with van der Waals surface area (Å²) in [5.41, 5.74) is 0.427. The van der Waals surface area contributed by atoms with Gasteiger partial charge in [0, 0.05) is 12.6 Å². The second kappa shape index (κ2) is 6.51. The Hall–Kier alpha value is -1.63. The van der Waals surface area contributed by atoms with Gasteiger partial charge in [-0.15, -0.1) is 0 Å². The average molecular weight is 270 g/mol. The molecule has 0 saturated heterocycles. The molecule has 0 aliphatic heterocycles. The fourth-order valence-electron chi connectivity index (χ4n) is 2.11. The highest BCUT2D eigenvalue weighted by molar-refractivity contribution is 5.60. The number of hydrogen-bond acceptors (Lipinski definition) is 5. The molecule has 108 valence electrons. The molecular formula is C12H22N4O3. The molecule has 19 heavy (non-hydrogen) atoms. The lowest BCUT2D eigenvalue weighted by molar-refractivity contribution is -0.384. The summed E-state index contributed by atoms with van der Waals surface area (Å²) in [6, 6.07) is -0.0644. The molecule has 0 bridgehead atoms. The van der Waals surface area contributed by atoms with E-state index in [1.54, 1.807) is 18.5 Å². The van der Waals surface area contributed by atoms with Crippen LogP contribution < -0.4 is 5.32 Å². The third-order valence-electron chi connectivity index (χ3n) is 2.79. The summed E-state index contributed by atoms with van der Waals surface area (Å²) in [5, 5.41) is 27.8. The lowest BCUT2D eigenvalue weighted by atomic mass is 10.1. The average Bonchev–Trinajstić information content (AvgIpc) is 2.54. The Balaban J connectivity index is 3.04. The van der Waals surface area contributed by atoms with Crippen molar-refractivity contribution < 1.29 is 10.0 Å². The first-order valence-electron chi connectivity index (χ1n) is 6.53. The number of nitrogens with zero attached hydrogens (tertiary/aromatic N) is 3. The van der Waals surface area contributed by atoms with Crippen LogP contribution in [0.4, 0.5) is 11.5 Å². The Morgan fingerprint density at radius 3 is 2.63 bits per heavy atom. The Kier molecular flexibility index (Phi) is 5.29. The molecule has 0 saturated carbocycles. The Morgan fingerprint density at radius 2 is 2.16 bits per heavy atom. The van der Waals surface area contributed by atoms with Crippen molar-refractivity contribution in [1.82, 2.24) is 9.78 Å². The number of aryl methyl sites for hydroxylation is 2. The van der Waals surface area contributed by atoms with Crippen LogP contribution in [0.25, 0.3) is 0 Å². The van der Waals surface area contributed by atoms with E-state index < -0.39 is 11.0 Å². The summed E-state index contributed by atoms with van der Waals surface area (Å²) in [6.45, 7) is 7.83. The van der Waals surface area contributed by atoms with E-state index in [1.165, 1.54) is 0 Å². The molecule has 0 aliphatic carbocycles. The monoisotopic (exact) mass is 270 g/mol. The molecule has 0 spiro atoms. The first kappa shape index (κ1) is 15.4. The fourth-order valence-corrected chi connectivity index (χ4v) is 2.11. The van der Waals surface area contributed by atoms with Crippen molar-refractivity contribution in [2.24, 2.45) is 0 Å². The minimum absolute atomic E-state index is 0.0193. The number of nitro groups is 1. The summed E-state index contributed by atoms with van der Waals surface area (Å²) >= 11 is 0. The maximum atomic E-state index is 11.1. The van der Waals surface area contributed by atoms with Crippen LogP contribution >= 0.6 is 0 Å². The van der Waals surface area contributed by atoms with Crippen LogP contribution in [0.3, 0.4) is 0 Å². The van der Waals surface area contributed by atoms with Gasteiger partial charge in [0.15, 0.2) is 0 Å². The zero-order valence-corrected chi connectivity index (χ0v) is 11.9. The molecule has 1 aromatic rings. The number of aliphatic hydroxyl groups is 1. The van der Waals surface area contributed by atoms with E-state index in [0.717, 1.165) is 6.42 Å². The molecule has 0 aliphatic rings. The summed E-state index contributed by atoms with van der Waals surface area (Å²) < 4.78 is 1.63. The van der Waals surface area contributed by atoms with Crippen molar-refractivity contribution in [3.8, 4) is 0 Å². The van der Waals surface area contributed by atoms with Gasteiger partial charge in [-0.2, -0.15) is 5.10 Å². The van der Waals surface area contributed by atoms with E-state index in [4.69, 9.17) is 0 Å². The number of aromatic nitrogens is 2. The van der Waals surface area contributed by atoms with E-state index in [2.05, 4.69) is 10.4 Å². The molecule has 7 heteroatoms. The molecule has 0 fully saturated rings. The molecule has 2 unspecified atom stereocenters. The zero-order chi connectivity index (χ0) is 14.6. The van der Waals surface area contributed by atoms with Crippen LogP contribution in [-0.2, 0) is 6.54 Å². The highest BCUT2D eigenvalue weighted by Crippen LogP contribution is 2.29. The number of aliphatic hydroxyl groups excluding tert-OH is 1. The van der Waals surface area contributed by atoms with Crippen LogP contribution in [0.1, 0.15) is 39.3 Å². The molecule has 2 N–H and O–H groups in total. The van der Waals surface area contributed by atoms with E-state index in [-0.39, 0.29) is 11.7 Å². The first-order valence-corrected chi connectivity index (χ1v) is 6.53. The molecule has 0 aromatic carbocycles. The van der Waals surface area contributed by atoms with Crippen molar-refractivity contribution in [1.29, 1.82) is 0 Å². The lowest BCUT2D eigenvalue weighted by Crippen LogP contribution is -2.23. The first-order chi connectivity index (χ1) is 8.86. The third-order valence-corrected chi connectivity index (χ3v) is 2.79. The fraction of sp³-hybridized carbons (Fsp3) is 0.750. The maximum absolute atomic E-state index is 11.1. The highest BCUT2D eigenvalue weighted by Gasteiger charge is 2.26. The topological polar surface area (TPSA) is 93.2 Å². The predicted octanol–water partition coefficient (Wildman–Crippen LogP) is 2.08. The number of rotatable bonds is 7. The SMILES string of the molecule is CCCn1nc(C)c([N+](=O)[O-])c1NC(C)CC(C)O. The van der Waals surface area contributed by atoms with Crippen molar-refractivity contribution in [2.75, 3.05) is 5.32 Å².